The predicted molar refractivity (Wildman–Crippen MR) is 149 cm³/mol. The fourth-order valence-electron chi connectivity index (χ4n) is 5.05. The molecule has 1 aromatic carbocycles. The Morgan fingerprint density at radius 1 is 1.16 bits per heavy atom. The molecule has 0 saturated carbocycles. The fourth-order valence-corrected chi connectivity index (χ4v) is 6.15. The van der Waals surface area contributed by atoms with Crippen LogP contribution in [0, 0.1) is 0 Å². The SMILES string of the molecule is C=Cc1cc(-c2ccc3c(ccc4sc5c(c43)NC[C@@H](C)NC5=O)n2)nc(COCCN2CCCC2)n1. The van der Waals surface area contributed by atoms with Crippen molar-refractivity contribution in [2.75, 3.05) is 38.1 Å². The Hall–Kier alpha value is -3.40. The summed E-state index contributed by atoms with van der Waals surface area (Å²) in [6, 6.07) is 10.1. The lowest BCUT2D eigenvalue weighted by molar-refractivity contribution is 0.0947. The first-order valence-electron chi connectivity index (χ1n) is 12.8. The Labute approximate surface area is 219 Å². The number of hydrogen-bond acceptors (Lipinski definition) is 8. The van der Waals surface area contributed by atoms with Gasteiger partial charge in [-0.1, -0.05) is 6.58 Å². The quantitative estimate of drug-likeness (QED) is 0.345. The molecule has 2 aliphatic rings. The number of aromatic nitrogens is 3. The van der Waals surface area contributed by atoms with Crippen LogP contribution in [0.5, 0.6) is 0 Å². The summed E-state index contributed by atoms with van der Waals surface area (Å²) in [5, 5.41) is 8.58. The second-order valence-corrected chi connectivity index (χ2v) is 10.7. The molecule has 6 rings (SSSR count). The third-order valence-corrected chi connectivity index (χ3v) is 8.09. The Morgan fingerprint density at radius 3 is 2.86 bits per heavy atom. The number of thiophene rings is 1. The van der Waals surface area contributed by atoms with Gasteiger partial charge in [0.1, 0.15) is 11.5 Å². The van der Waals surface area contributed by atoms with E-state index < -0.39 is 0 Å². The number of hydrogen-bond donors (Lipinski definition) is 2. The van der Waals surface area contributed by atoms with E-state index in [-0.39, 0.29) is 11.9 Å². The Kier molecular flexibility index (Phi) is 6.58. The van der Waals surface area contributed by atoms with Gasteiger partial charge in [-0.05, 0) is 69.3 Å². The maximum Gasteiger partial charge on any atom is 0.263 e. The van der Waals surface area contributed by atoms with Crippen molar-refractivity contribution in [1.82, 2.24) is 25.2 Å². The van der Waals surface area contributed by atoms with E-state index in [0.717, 1.165) is 68.3 Å². The minimum absolute atomic E-state index is 0.0282. The molecule has 0 bridgehead atoms. The average Bonchev–Trinajstić information content (AvgIpc) is 3.54. The molecule has 1 atom stereocenters. The summed E-state index contributed by atoms with van der Waals surface area (Å²) in [5.41, 5.74) is 3.99. The first kappa shape index (κ1) is 24.0. The molecule has 2 aliphatic heterocycles. The normalized spacial score (nSPS) is 18.0. The number of likely N-dealkylation sites (tertiary alicyclic amines) is 1. The van der Waals surface area contributed by atoms with Crippen molar-refractivity contribution < 1.29 is 9.53 Å². The lowest BCUT2D eigenvalue weighted by Gasteiger charge is -2.14. The van der Waals surface area contributed by atoms with E-state index in [0.29, 0.717) is 25.6 Å². The van der Waals surface area contributed by atoms with Crippen LogP contribution in [0.1, 0.15) is 41.0 Å². The molecule has 0 spiro atoms. The van der Waals surface area contributed by atoms with Gasteiger partial charge in [0.05, 0.1) is 34.9 Å². The highest BCUT2D eigenvalue weighted by Gasteiger charge is 2.25. The number of carbonyl (C=O) groups excluding carboxylic acids is 1. The molecule has 9 heteroatoms. The summed E-state index contributed by atoms with van der Waals surface area (Å²) in [7, 11) is 0. The number of amides is 1. The van der Waals surface area contributed by atoms with Crippen molar-refractivity contribution in [3.63, 3.8) is 0 Å². The third-order valence-electron chi connectivity index (χ3n) is 6.94. The largest absolute Gasteiger partial charge is 0.381 e. The van der Waals surface area contributed by atoms with Crippen molar-refractivity contribution >= 4 is 50.0 Å². The van der Waals surface area contributed by atoms with Gasteiger partial charge in [0.15, 0.2) is 5.82 Å². The second-order valence-electron chi connectivity index (χ2n) is 9.66. The fraction of sp³-hybridized carbons (Fsp3) is 0.357. The number of anilines is 1. The molecule has 1 saturated heterocycles. The number of carbonyl (C=O) groups is 1. The Bertz CT molecular complexity index is 1490. The van der Waals surface area contributed by atoms with Crippen molar-refractivity contribution in [3.05, 3.63) is 53.3 Å². The standard InChI is InChI=1S/C28H30N6O2S/c1-3-18-14-22(33-24(31-18)16-36-13-12-34-10-4-5-11-34)21-7-6-19-20(32-21)8-9-23-25(19)26-27(37-23)28(35)30-17(2)15-29-26/h3,6-9,14,17,29H,1,4-5,10-13,15-16H2,2H3,(H,30,35)/t17-/m1/s1. The molecule has 190 valence electrons. The molecule has 8 nitrogen and oxygen atoms in total. The zero-order valence-corrected chi connectivity index (χ0v) is 21.7. The zero-order chi connectivity index (χ0) is 25.4. The zero-order valence-electron chi connectivity index (χ0n) is 20.9. The van der Waals surface area contributed by atoms with Crippen LogP contribution < -0.4 is 10.6 Å². The number of ether oxygens (including phenoxy) is 1. The van der Waals surface area contributed by atoms with Gasteiger partial charge in [0.25, 0.3) is 5.91 Å². The van der Waals surface area contributed by atoms with Crippen molar-refractivity contribution in [1.29, 1.82) is 0 Å². The van der Waals surface area contributed by atoms with Crippen molar-refractivity contribution in [2.45, 2.75) is 32.4 Å². The first-order chi connectivity index (χ1) is 18.1. The number of nitrogens with zero attached hydrogens (tertiary/aromatic N) is 4. The van der Waals surface area contributed by atoms with E-state index in [4.69, 9.17) is 14.7 Å². The number of fused-ring (bicyclic) bond motifs is 5. The summed E-state index contributed by atoms with van der Waals surface area (Å²) in [5.74, 6) is 0.596. The average molecular weight is 515 g/mol. The number of pyridine rings is 1. The Morgan fingerprint density at radius 2 is 2.03 bits per heavy atom. The minimum atomic E-state index is -0.0282. The van der Waals surface area contributed by atoms with E-state index in [1.54, 1.807) is 6.08 Å². The summed E-state index contributed by atoms with van der Waals surface area (Å²) in [6.45, 7) is 10.9. The molecular formula is C28H30N6O2S. The van der Waals surface area contributed by atoms with Gasteiger partial charge in [-0.25, -0.2) is 15.0 Å². The molecule has 0 radical (unpaired) electrons. The van der Waals surface area contributed by atoms with Gasteiger partial charge < -0.3 is 20.3 Å². The number of benzene rings is 1. The summed E-state index contributed by atoms with van der Waals surface area (Å²) >= 11 is 1.51. The van der Waals surface area contributed by atoms with E-state index in [2.05, 4.69) is 33.2 Å². The van der Waals surface area contributed by atoms with Crippen LogP contribution in [0.2, 0.25) is 0 Å². The molecule has 5 heterocycles. The highest BCUT2D eigenvalue weighted by molar-refractivity contribution is 7.21. The minimum Gasteiger partial charge on any atom is -0.381 e. The van der Waals surface area contributed by atoms with Crippen LogP contribution in [-0.4, -0.2) is 64.6 Å². The van der Waals surface area contributed by atoms with Crippen molar-refractivity contribution in [2.24, 2.45) is 0 Å². The summed E-state index contributed by atoms with van der Waals surface area (Å²) in [6.07, 6.45) is 4.28. The lowest BCUT2D eigenvalue weighted by atomic mass is 10.1. The topological polar surface area (TPSA) is 92.3 Å². The van der Waals surface area contributed by atoms with Crippen molar-refractivity contribution in [3.8, 4) is 11.4 Å². The maximum absolute atomic E-state index is 12.7. The van der Waals surface area contributed by atoms with Crippen LogP contribution in [-0.2, 0) is 11.3 Å². The molecular weight excluding hydrogens is 484 g/mol. The first-order valence-corrected chi connectivity index (χ1v) is 13.6. The van der Waals surface area contributed by atoms with Crippen LogP contribution in [0.15, 0.2) is 36.9 Å². The predicted octanol–water partition coefficient (Wildman–Crippen LogP) is 4.71. The molecule has 1 fully saturated rings. The van der Waals surface area contributed by atoms with Crippen LogP contribution in [0.25, 0.3) is 38.5 Å². The molecule has 2 N–H and O–H groups in total. The summed E-state index contributed by atoms with van der Waals surface area (Å²) < 4.78 is 6.96. The van der Waals surface area contributed by atoms with Gasteiger partial charge in [-0.3, -0.25) is 4.79 Å². The highest BCUT2D eigenvalue weighted by Crippen LogP contribution is 2.41. The second kappa shape index (κ2) is 10.2. The molecule has 0 aliphatic carbocycles. The van der Waals surface area contributed by atoms with Crippen LogP contribution >= 0.6 is 11.3 Å². The van der Waals surface area contributed by atoms with E-state index in [1.165, 1.54) is 24.2 Å². The van der Waals surface area contributed by atoms with E-state index >= 15 is 0 Å². The third kappa shape index (κ3) is 4.82. The maximum atomic E-state index is 12.7. The van der Waals surface area contributed by atoms with Gasteiger partial charge in [-0.15, -0.1) is 11.3 Å². The number of rotatable bonds is 7. The number of nitrogens with one attached hydrogen (secondary N) is 2. The molecule has 1 amide bonds. The molecule has 4 aromatic rings. The van der Waals surface area contributed by atoms with Crippen LogP contribution in [0.4, 0.5) is 5.69 Å². The van der Waals surface area contributed by atoms with Gasteiger partial charge in [0, 0.05) is 34.6 Å². The molecule has 0 unspecified atom stereocenters. The van der Waals surface area contributed by atoms with Crippen LogP contribution in [0.3, 0.4) is 0 Å². The van der Waals surface area contributed by atoms with Gasteiger partial charge in [-0.2, -0.15) is 0 Å². The monoisotopic (exact) mass is 514 g/mol. The molecule has 3 aromatic heterocycles. The smallest absolute Gasteiger partial charge is 0.263 e. The van der Waals surface area contributed by atoms with Gasteiger partial charge >= 0.3 is 0 Å². The van der Waals surface area contributed by atoms with E-state index in [9.17, 15) is 4.79 Å². The van der Waals surface area contributed by atoms with Gasteiger partial charge in [0.2, 0.25) is 0 Å². The molecule has 37 heavy (non-hydrogen) atoms. The Balaban J connectivity index is 1.30. The summed E-state index contributed by atoms with van der Waals surface area (Å²) in [4.78, 5) is 30.2. The van der Waals surface area contributed by atoms with E-state index in [1.807, 2.05) is 31.2 Å². The highest BCUT2D eigenvalue weighted by atomic mass is 32.1. The lowest BCUT2D eigenvalue weighted by Crippen LogP contribution is -2.34.